The van der Waals surface area contributed by atoms with E-state index in [-0.39, 0.29) is 0 Å². The van der Waals surface area contributed by atoms with Gasteiger partial charge in [-0.25, -0.2) is 0 Å². The van der Waals surface area contributed by atoms with Crippen molar-refractivity contribution in [3.63, 3.8) is 0 Å². The molecule has 0 bridgehead atoms. The molecule has 2 aromatic rings. The summed E-state index contributed by atoms with van der Waals surface area (Å²) in [5.41, 5.74) is 8.22. The molecule has 2 rings (SSSR count). The van der Waals surface area contributed by atoms with Crippen LogP contribution in [-0.2, 0) is 13.1 Å². The van der Waals surface area contributed by atoms with E-state index in [4.69, 9.17) is 0 Å². The number of rotatable bonds is 5. The second-order valence-corrected chi connectivity index (χ2v) is 3.35. The Labute approximate surface area is 94.7 Å². The monoisotopic (exact) mass is 214 g/mol. The highest BCUT2D eigenvalue weighted by Gasteiger charge is 1.93. The van der Waals surface area contributed by atoms with Crippen LogP contribution < -0.4 is 10.9 Å². The van der Waals surface area contributed by atoms with Crippen LogP contribution in [0.5, 0.6) is 0 Å². The largest absolute Gasteiger partial charge is 0.260 e. The minimum Gasteiger partial charge on any atom is -0.260 e. The Morgan fingerprint density at radius 3 is 1.62 bits per heavy atom. The van der Waals surface area contributed by atoms with Crippen LogP contribution >= 0.6 is 0 Å². The average Bonchev–Trinajstić information content (AvgIpc) is 2.37. The predicted octanol–water partition coefficient (Wildman–Crippen LogP) is 1.27. The first kappa shape index (κ1) is 10.7. The van der Waals surface area contributed by atoms with E-state index in [1.54, 1.807) is 12.4 Å². The Morgan fingerprint density at radius 1 is 0.750 bits per heavy atom. The molecule has 0 aliphatic rings. The number of hydrazine groups is 1. The molecule has 2 N–H and O–H groups in total. The zero-order valence-corrected chi connectivity index (χ0v) is 8.93. The average molecular weight is 214 g/mol. The first-order valence-corrected chi connectivity index (χ1v) is 5.21. The van der Waals surface area contributed by atoms with E-state index in [0.717, 1.165) is 11.4 Å². The highest BCUT2D eigenvalue weighted by molar-refractivity contribution is 5.04. The van der Waals surface area contributed by atoms with Crippen LogP contribution in [0.2, 0.25) is 0 Å². The third-order valence-corrected chi connectivity index (χ3v) is 2.12. The Morgan fingerprint density at radius 2 is 1.25 bits per heavy atom. The van der Waals surface area contributed by atoms with Crippen LogP contribution in [0.3, 0.4) is 0 Å². The van der Waals surface area contributed by atoms with Crippen molar-refractivity contribution >= 4 is 0 Å². The van der Waals surface area contributed by atoms with Crippen LogP contribution in [0.4, 0.5) is 0 Å². The van der Waals surface area contributed by atoms with Crippen molar-refractivity contribution < 1.29 is 0 Å². The summed E-state index contributed by atoms with van der Waals surface area (Å²) in [6.07, 6.45) is 3.57. The molecule has 0 unspecified atom stereocenters. The first-order chi connectivity index (χ1) is 7.95. The van der Waals surface area contributed by atoms with E-state index in [1.165, 1.54) is 0 Å². The molecule has 0 amide bonds. The van der Waals surface area contributed by atoms with Crippen molar-refractivity contribution in [1.82, 2.24) is 20.8 Å². The highest BCUT2D eigenvalue weighted by Crippen LogP contribution is 1.92. The van der Waals surface area contributed by atoms with Gasteiger partial charge in [-0.2, -0.15) is 0 Å². The van der Waals surface area contributed by atoms with Crippen molar-refractivity contribution in [1.29, 1.82) is 0 Å². The maximum atomic E-state index is 4.21. The molecular formula is C12H14N4. The number of nitrogens with one attached hydrogen (secondary N) is 2. The maximum absolute atomic E-state index is 4.21. The molecule has 0 aliphatic heterocycles. The standard InChI is InChI=1S/C12H14N4/c1-3-7-13-11(5-1)9-15-16-10-12-6-2-4-8-14-12/h1-8,15-16H,9-10H2. The van der Waals surface area contributed by atoms with Gasteiger partial charge in [-0.05, 0) is 24.3 Å². The predicted molar refractivity (Wildman–Crippen MR) is 62.2 cm³/mol. The van der Waals surface area contributed by atoms with Gasteiger partial charge in [0.1, 0.15) is 0 Å². The molecule has 82 valence electrons. The number of hydrogen-bond acceptors (Lipinski definition) is 4. The molecule has 0 aliphatic carbocycles. The third kappa shape index (κ3) is 3.42. The number of pyridine rings is 2. The Balaban J connectivity index is 1.70. The van der Waals surface area contributed by atoms with E-state index in [1.807, 2.05) is 36.4 Å². The summed E-state index contributed by atoms with van der Waals surface area (Å²) < 4.78 is 0. The zero-order chi connectivity index (χ0) is 11.1. The lowest BCUT2D eigenvalue weighted by molar-refractivity contribution is 0.519. The molecule has 4 nitrogen and oxygen atoms in total. The Hall–Kier alpha value is -1.78. The third-order valence-electron chi connectivity index (χ3n) is 2.12. The molecule has 0 atom stereocenters. The summed E-state index contributed by atoms with van der Waals surface area (Å²) in [6.45, 7) is 1.40. The van der Waals surface area contributed by atoms with Crippen LogP contribution in [0.15, 0.2) is 48.8 Å². The van der Waals surface area contributed by atoms with Crippen molar-refractivity contribution in [2.75, 3.05) is 0 Å². The van der Waals surface area contributed by atoms with Gasteiger partial charge >= 0.3 is 0 Å². The van der Waals surface area contributed by atoms with Crippen molar-refractivity contribution in [3.05, 3.63) is 60.2 Å². The van der Waals surface area contributed by atoms with Gasteiger partial charge in [-0.15, -0.1) is 0 Å². The molecule has 0 fully saturated rings. The summed E-state index contributed by atoms with van der Waals surface area (Å²) in [4.78, 5) is 8.41. The topological polar surface area (TPSA) is 49.8 Å². The molecule has 0 saturated heterocycles. The van der Waals surface area contributed by atoms with Crippen LogP contribution in [0.25, 0.3) is 0 Å². The van der Waals surface area contributed by atoms with Crippen molar-refractivity contribution in [3.8, 4) is 0 Å². The van der Waals surface area contributed by atoms with Crippen LogP contribution in [0, 0.1) is 0 Å². The summed E-state index contributed by atoms with van der Waals surface area (Å²) in [6, 6.07) is 11.7. The van der Waals surface area contributed by atoms with Gasteiger partial charge in [0, 0.05) is 12.4 Å². The van der Waals surface area contributed by atoms with Crippen LogP contribution in [-0.4, -0.2) is 9.97 Å². The smallest absolute Gasteiger partial charge is 0.0555 e. The Bertz CT molecular complexity index is 360. The minimum atomic E-state index is 0.702. The van der Waals surface area contributed by atoms with E-state index in [0.29, 0.717) is 13.1 Å². The molecule has 2 heterocycles. The van der Waals surface area contributed by atoms with Crippen molar-refractivity contribution in [2.24, 2.45) is 0 Å². The lowest BCUT2D eigenvalue weighted by Gasteiger charge is -2.05. The quantitative estimate of drug-likeness (QED) is 0.581. The number of hydrogen-bond donors (Lipinski definition) is 2. The fourth-order valence-electron chi connectivity index (χ4n) is 1.31. The molecule has 0 spiro atoms. The van der Waals surface area contributed by atoms with E-state index < -0.39 is 0 Å². The van der Waals surface area contributed by atoms with Gasteiger partial charge in [0.05, 0.1) is 24.5 Å². The van der Waals surface area contributed by atoms with E-state index >= 15 is 0 Å². The lowest BCUT2D eigenvalue weighted by atomic mass is 10.3. The second kappa shape index (κ2) is 5.95. The SMILES string of the molecule is c1ccc(CNNCc2ccccn2)nc1. The lowest BCUT2D eigenvalue weighted by Crippen LogP contribution is -2.31. The normalized spacial score (nSPS) is 10.2. The summed E-state index contributed by atoms with van der Waals surface area (Å²) in [5.74, 6) is 0. The zero-order valence-electron chi connectivity index (χ0n) is 8.93. The van der Waals surface area contributed by atoms with Gasteiger partial charge in [0.25, 0.3) is 0 Å². The summed E-state index contributed by atoms with van der Waals surface area (Å²) in [5, 5.41) is 0. The van der Waals surface area contributed by atoms with Gasteiger partial charge in [0.15, 0.2) is 0 Å². The first-order valence-electron chi connectivity index (χ1n) is 5.21. The molecule has 4 heteroatoms. The molecule has 0 saturated carbocycles. The van der Waals surface area contributed by atoms with E-state index in [9.17, 15) is 0 Å². The van der Waals surface area contributed by atoms with Gasteiger partial charge in [0.2, 0.25) is 0 Å². The van der Waals surface area contributed by atoms with Gasteiger partial charge in [-0.1, -0.05) is 12.1 Å². The summed E-state index contributed by atoms with van der Waals surface area (Å²) in [7, 11) is 0. The molecule has 0 radical (unpaired) electrons. The van der Waals surface area contributed by atoms with Crippen LogP contribution in [0.1, 0.15) is 11.4 Å². The summed E-state index contributed by atoms with van der Waals surface area (Å²) >= 11 is 0. The van der Waals surface area contributed by atoms with Gasteiger partial charge in [-0.3, -0.25) is 20.8 Å². The Kier molecular flexibility index (Phi) is 3.99. The number of nitrogens with zero attached hydrogens (tertiary/aromatic N) is 2. The fourth-order valence-corrected chi connectivity index (χ4v) is 1.31. The molecule has 16 heavy (non-hydrogen) atoms. The highest BCUT2D eigenvalue weighted by atomic mass is 15.3. The molecular weight excluding hydrogens is 200 g/mol. The second-order valence-electron chi connectivity index (χ2n) is 3.35. The van der Waals surface area contributed by atoms with E-state index in [2.05, 4.69) is 20.8 Å². The maximum Gasteiger partial charge on any atom is 0.0555 e. The molecule has 2 aromatic heterocycles. The molecule has 0 aromatic carbocycles. The fraction of sp³-hybridized carbons (Fsp3) is 0.167. The minimum absolute atomic E-state index is 0.702. The van der Waals surface area contributed by atoms with Gasteiger partial charge < -0.3 is 0 Å². The van der Waals surface area contributed by atoms with Crippen molar-refractivity contribution in [2.45, 2.75) is 13.1 Å². The number of aromatic nitrogens is 2.